The van der Waals surface area contributed by atoms with E-state index >= 15 is 0 Å². The number of nitrogens with zero attached hydrogens (tertiary/aromatic N) is 3. The van der Waals surface area contributed by atoms with Crippen molar-refractivity contribution in [2.75, 3.05) is 18.8 Å². The Hall–Kier alpha value is -1.64. The molecule has 2 unspecified atom stereocenters. The fraction of sp³-hybridized carbons (Fsp3) is 0.438. The first-order chi connectivity index (χ1) is 11.6. The number of aromatic nitrogens is 2. The van der Waals surface area contributed by atoms with Crippen LogP contribution in [0.2, 0.25) is 0 Å². The molecule has 128 valence electrons. The van der Waals surface area contributed by atoms with Crippen LogP contribution in [0.1, 0.15) is 18.9 Å². The minimum atomic E-state index is -0.208. The standard InChI is InChI=1S/C16H21N5OS2/c1-11(23-16-20-19-15(17)24-16)14(22)18-13-7-8-21(10-13)9-12-5-3-2-4-6-12/h2-6,11,13H,7-10H2,1H3,(H2,17,19)(H,18,22). The third kappa shape index (κ3) is 4.68. The molecule has 2 aromatic rings. The van der Waals surface area contributed by atoms with E-state index in [-0.39, 0.29) is 17.2 Å². The van der Waals surface area contributed by atoms with E-state index in [1.807, 2.05) is 13.0 Å². The second kappa shape index (κ2) is 7.96. The smallest absolute Gasteiger partial charge is 0.233 e. The molecule has 6 nitrogen and oxygen atoms in total. The summed E-state index contributed by atoms with van der Waals surface area (Å²) in [6.45, 7) is 4.72. The lowest BCUT2D eigenvalue weighted by Gasteiger charge is -2.18. The Kier molecular flexibility index (Phi) is 5.70. The highest BCUT2D eigenvalue weighted by Gasteiger charge is 2.26. The molecule has 2 heterocycles. The Balaban J connectivity index is 1.45. The van der Waals surface area contributed by atoms with Crippen LogP contribution in [0, 0.1) is 0 Å². The van der Waals surface area contributed by atoms with Gasteiger partial charge in [-0.25, -0.2) is 0 Å². The first-order valence-electron chi connectivity index (χ1n) is 7.92. The van der Waals surface area contributed by atoms with Gasteiger partial charge < -0.3 is 11.1 Å². The van der Waals surface area contributed by atoms with Crippen molar-refractivity contribution >= 4 is 34.1 Å². The molecule has 0 saturated carbocycles. The van der Waals surface area contributed by atoms with Gasteiger partial charge in [-0.3, -0.25) is 9.69 Å². The molecule has 1 aromatic carbocycles. The zero-order chi connectivity index (χ0) is 16.9. The first-order valence-corrected chi connectivity index (χ1v) is 9.62. The second-order valence-electron chi connectivity index (χ2n) is 5.88. The van der Waals surface area contributed by atoms with Crippen molar-refractivity contribution in [1.29, 1.82) is 0 Å². The van der Waals surface area contributed by atoms with Gasteiger partial charge in [0.2, 0.25) is 11.0 Å². The summed E-state index contributed by atoms with van der Waals surface area (Å²) in [5.74, 6) is 0.0420. The molecule has 3 N–H and O–H groups in total. The largest absolute Gasteiger partial charge is 0.374 e. The predicted octanol–water partition coefficient (Wildman–Crippen LogP) is 1.99. The molecule has 24 heavy (non-hydrogen) atoms. The molecule has 1 saturated heterocycles. The molecule has 8 heteroatoms. The number of nitrogen functional groups attached to an aromatic ring is 1. The molecule has 3 rings (SSSR count). The summed E-state index contributed by atoms with van der Waals surface area (Å²) in [4.78, 5) is 14.7. The quantitative estimate of drug-likeness (QED) is 0.764. The number of amides is 1. The Morgan fingerprint density at radius 2 is 2.25 bits per heavy atom. The van der Waals surface area contributed by atoms with Crippen molar-refractivity contribution in [3.63, 3.8) is 0 Å². The van der Waals surface area contributed by atoms with Gasteiger partial charge in [-0.2, -0.15) is 0 Å². The van der Waals surface area contributed by atoms with E-state index in [1.165, 1.54) is 28.7 Å². The number of carbonyl (C=O) groups is 1. The highest BCUT2D eigenvalue weighted by molar-refractivity contribution is 8.02. The number of rotatable bonds is 6. The average Bonchev–Trinajstić information content (AvgIpc) is 3.17. The van der Waals surface area contributed by atoms with Crippen LogP contribution in [0.4, 0.5) is 5.13 Å². The number of anilines is 1. The Bertz CT molecular complexity index is 678. The maximum absolute atomic E-state index is 12.3. The van der Waals surface area contributed by atoms with Crippen molar-refractivity contribution in [3.05, 3.63) is 35.9 Å². The molecule has 0 spiro atoms. The minimum absolute atomic E-state index is 0.0420. The van der Waals surface area contributed by atoms with Crippen molar-refractivity contribution in [2.24, 2.45) is 0 Å². The lowest BCUT2D eigenvalue weighted by Crippen LogP contribution is -2.40. The highest BCUT2D eigenvalue weighted by Crippen LogP contribution is 2.27. The molecule has 2 atom stereocenters. The predicted molar refractivity (Wildman–Crippen MR) is 97.9 cm³/mol. The topological polar surface area (TPSA) is 84.1 Å². The Morgan fingerprint density at radius 1 is 1.46 bits per heavy atom. The zero-order valence-corrected chi connectivity index (χ0v) is 15.1. The van der Waals surface area contributed by atoms with Gasteiger partial charge in [0.15, 0.2) is 4.34 Å². The lowest BCUT2D eigenvalue weighted by atomic mass is 10.2. The number of nitrogens with two attached hydrogens (primary N) is 1. The van der Waals surface area contributed by atoms with Crippen LogP contribution < -0.4 is 11.1 Å². The summed E-state index contributed by atoms with van der Waals surface area (Å²) in [6, 6.07) is 10.6. The minimum Gasteiger partial charge on any atom is -0.374 e. The monoisotopic (exact) mass is 363 g/mol. The third-order valence-corrected chi connectivity index (χ3v) is 5.87. The van der Waals surface area contributed by atoms with Gasteiger partial charge in [-0.15, -0.1) is 10.2 Å². The average molecular weight is 364 g/mol. The van der Waals surface area contributed by atoms with Gasteiger partial charge >= 0.3 is 0 Å². The summed E-state index contributed by atoms with van der Waals surface area (Å²) >= 11 is 2.71. The van der Waals surface area contributed by atoms with Gasteiger partial charge in [0.05, 0.1) is 5.25 Å². The van der Waals surface area contributed by atoms with Gasteiger partial charge in [0.1, 0.15) is 0 Å². The van der Waals surface area contributed by atoms with Crippen LogP contribution in [0.5, 0.6) is 0 Å². The SMILES string of the molecule is CC(Sc1nnc(N)s1)C(=O)NC1CCN(Cc2ccccc2)C1. The molecule has 1 aromatic heterocycles. The number of nitrogens with one attached hydrogen (secondary N) is 1. The highest BCUT2D eigenvalue weighted by atomic mass is 32.2. The lowest BCUT2D eigenvalue weighted by molar-refractivity contribution is -0.120. The van der Waals surface area contributed by atoms with E-state index in [0.29, 0.717) is 5.13 Å². The Morgan fingerprint density at radius 3 is 2.96 bits per heavy atom. The van der Waals surface area contributed by atoms with Crippen molar-refractivity contribution < 1.29 is 4.79 Å². The van der Waals surface area contributed by atoms with E-state index in [1.54, 1.807) is 0 Å². The molecule has 1 amide bonds. The Labute approximate surface area is 149 Å². The second-order valence-corrected chi connectivity index (χ2v) is 8.48. The van der Waals surface area contributed by atoms with E-state index in [0.717, 1.165) is 30.4 Å². The van der Waals surface area contributed by atoms with Crippen LogP contribution in [0.3, 0.4) is 0 Å². The van der Waals surface area contributed by atoms with E-state index in [9.17, 15) is 4.79 Å². The molecular weight excluding hydrogens is 342 g/mol. The van der Waals surface area contributed by atoms with Crippen LogP contribution in [-0.2, 0) is 11.3 Å². The van der Waals surface area contributed by atoms with Crippen LogP contribution in [0.15, 0.2) is 34.7 Å². The van der Waals surface area contributed by atoms with Gasteiger partial charge in [0, 0.05) is 25.7 Å². The van der Waals surface area contributed by atoms with Gasteiger partial charge in [-0.05, 0) is 18.9 Å². The zero-order valence-electron chi connectivity index (χ0n) is 13.5. The third-order valence-electron chi connectivity index (χ3n) is 3.94. The molecule has 1 fully saturated rings. The summed E-state index contributed by atoms with van der Waals surface area (Å²) in [6.07, 6.45) is 0.988. The molecule has 1 aliphatic heterocycles. The number of benzene rings is 1. The number of hydrogen-bond acceptors (Lipinski definition) is 7. The van der Waals surface area contributed by atoms with E-state index in [2.05, 4.69) is 44.7 Å². The van der Waals surface area contributed by atoms with Gasteiger partial charge in [0.25, 0.3) is 0 Å². The fourth-order valence-corrected chi connectivity index (χ4v) is 4.52. The summed E-state index contributed by atoms with van der Waals surface area (Å²) in [5, 5.41) is 11.1. The van der Waals surface area contributed by atoms with Crippen molar-refractivity contribution in [3.8, 4) is 0 Å². The molecule has 1 aliphatic rings. The van der Waals surface area contributed by atoms with E-state index in [4.69, 9.17) is 5.73 Å². The van der Waals surface area contributed by atoms with E-state index < -0.39 is 0 Å². The number of likely N-dealkylation sites (tertiary alicyclic amines) is 1. The summed E-state index contributed by atoms with van der Waals surface area (Å²) in [7, 11) is 0. The molecule has 0 bridgehead atoms. The van der Waals surface area contributed by atoms with Crippen molar-refractivity contribution in [2.45, 2.75) is 35.5 Å². The van der Waals surface area contributed by atoms with Gasteiger partial charge in [-0.1, -0.05) is 53.4 Å². The maximum atomic E-state index is 12.3. The number of hydrogen-bond donors (Lipinski definition) is 2. The molecule has 0 radical (unpaired) electrons. The first kappa shape index (κ1) is 17.2. The fourth-order valence-electron chi connectivity index (χ4n) is 2.73. The summed E-state index contributed by atoms with van der Waals surface area (Å²) < 4.78 is 0.729. The van der Waals surface area contributed by atoms with Crippen molar-refractivity contribution in [1.82, 2.24) is 20.4 Å². The number of thioether (sulfide) groups is 1. The summed E-state index contributed by atoms with van der Waals surface area (Å²) in [5.41, 5.74) is 6.87. The molecule has 0 aliphatic carbocycles. The van der Waals surface area contributed by atoms with Crippen LogP contribution in [0.25, 0.3) is 0 Å². The normalized spacial score (nSPS) is 19.3. The van der Waals surface area contributed by atoms with Crippen LogP contribution in [-0.4, -0.2) is 45.4 Å². The molecular formula is C16H21N5OS2. The maximum Gasteiger partial charge on any atom is 0.233 e. The number of carbonyl (C=O) groups excluding carboxylic acids is 1. The van der Waals surface area contributed by atoms with Crippen LogP contribution >= 0.6 is 23.1 Å².